The first-order valence-corrected chi connectivity index (χ1v) is 7.39. The zero-order chi connectivity index (χ0) is 13.8. The van der Waals surface area contributed by atoms with Crippen molar-refractivity contribution in [2.45, 2.75) is 24.6 Å². The van der Waals surface area contributed by atoms with Crippen LogP contribution in [0.4, 0.5) is 0 Å². The molecule has 0 spiro atoms. The molecular weight excluding hydrogens is 306 g/mol. The van der Waals surface area contributed by atoms with Gasteiger partial charge < -0.3 is 5.32 Å². The van der Waals surface area contributed by atoms with Crippen molar-refractivity contribution in [2.24, 2.45) is 7.05 Å². The molecule has 1 aromatic heterocycles. The normalized spacial score (nSPS) is 12.6. The number of carbonyl (C=O) groups excluding carboxylic acids is 1. The van der Waals surface area contributed by atoms with E-state index in [1.807, 2.05) is 31.3 Å². The molecule has 1 unspecified atom stereocenters. The van der Waals surface area contributed by atoms with E-state index in [0.717, 1.165) is 23.7 Å². The smallest absolute Gasteiger partial charge is 0.272 e. The Labute approximate surface area is 121 Å². The number of rotatable bonds is 5. The highest BCUT2D eigenvalue weighted by molar-refractivity contribution is 9.09. The Morgan fingerprint density at radius 3 is 2.95 bits per heavy atom. The Balaban J connectivity index is 2.09. The number of aromatic nitrogens is 2. The van der Waals surface area contributed by atoms with Crippen molar-refractivity contribution in [1.29, 1.82) is 0 Å². The molecule has 4 nitrogen and oxygen atoms in total. The molecule has 0 saturated carbocycles. The molecule has 1 atom stereocenters. The Hall–Kier alpha value is -1.36. The topological polar surface area (TPSA) is 46.9 Å². The average molecular weight is 324 g/mol. The van der Waals surface area contributed by atoms with Crippen LogP contribution in [0, 0.1) is 0 Å². The van der Waals surface area contributed by atoms with Crippen LogP contribution in [0.15, 0.2) is 24.3 Å². The molecule has 2 rings (SSSR count). The van der Waals surface area contributed by atoms with Crippen LogP contribution in [0.5, 0.6) is 0 Å². The van der Waals surface area contributed by atoms with Crippen molar-refractivity contribution in [2.75, 3.05) is 6.54 Å². The van der Waals surface area contributed by atoms with E-state index in [1.54, 1.807) is 4.68 Å². The van der Waals surface area contributed by atoms with Crippen molar-refractivity contribution in [3.05, 3.63) is 30.0 Å². The summed E-state index contributed by atoms with van der Waals surface area (Å²) in [7, 11) is 1.85. The molecule has 0 saturated heterocycles. The van der Waals surface area contributed by atoms with E-state index in [-0.39, 0.29) is 5.91 Å². The highest BCUT2D eigenvalue weighted by atomic mass is 79.9. The molecule has 0 radical (unpaired) electrons. The number of alkyl halides is 1. The van der Waals surface area contributed by atoms with Gasteiger partial charge in [0.15, 0.2) is 5.69 Å². The summed E-state index contributed by atoms with van der Waals surface area (Å²) >= 11 is 3.56. The number of aryl methyl sites for hydroxylation is 1. The predicted octanol–water partition coefficient (Wildman–Crippen LogP) is 2.87. The van der Waals surface area contributed by atoms with Crippen LogP contribution in [0.1, 0.15) is 30.3 Å². The zero-order valence-electron chi connectivity index (χ0n) is 11.2. The fourth-order valence-electron chi connectivity index (χ4n) is 2.01. The van der Waals surface area contributed by atoms with E-state index in [0.29, 0.717) is 17.1 Å². The number of nitrogens with one attached hydrogen (secondary N) is 1. The summed E-state index contributed by atoms with van der Waals surface area (Å²) in [5, 5.41) is 8.12. The highest BCUT2D eigenvalue weighted by Crippen LogP contribution is 2.17. The number of nitrogens with zero attached hydrogens (tertiary/aromatic N) is 2. The highest BCUT2D eigenvalue weighted by Gasteiger charge is 2.15. The van der Waals surface area contributed by atoms with Gasteiger partial charge in [-0.2, -0.15) is 5.10 Å². The van der Waals surface area contributed by atoms with Crippen molar-refractivity contribution in [3.8, 4) is 0 Å². The quantitative estimate of drug-likeness (QED) is 0.860. The molecule has 0 bridgehead atoms. The van der Waals surface area contributed by atoms with Gasteiger partial charge in [0.2, 0.25) is 0 Å². The van der Waals surface area contributed by atoms with Gasteiger partial charge in [-0.25, -0.2) is 0 Å². The minimum absolute atomic E-state index is 0.104. The zero-order valence-corrected chi connectivity index (χ0v) is 12.8. The molecule has 0 aliphatic carbocycles. The maximum absolute atomic E-state index is 12.1. The number of hydrogen-bond donors (Lipinski definition) is 1. The molecule has 1 N–H and O–H groups in total. The van der Waals surface area contributed by atoms with Gasteiger partial charge in [0.05, 0.1) is 5.52 Å². The van der Waals surface area contributed by atoms with E-state index < -0.39 is 0 Å². The third kappa shape index (κ3) is 3.15. The standard InChI is InChI=1S/C14H18BrN3O/c1-3-10(15)8-9-16-14(19)13-11-6-4-5-7-12(11)18(2)17-13/h4-7,10H,3,8-9H2,1-2H3,(H,16,19). The van der Waals surface area contributed by atoms with Gasteiger partial charge in [-0.3, -0.25) is 9.48 Å². The lowest BCUT2D eigenvalue weighted by Crippen LogP contribution is -2.26. The second-order valence-corrected chi connectivity index (χ2v) is 5.83. The number of benzene rings is 1. The molecule has 19 heavy (non-hydrogen) atoms. The molecule has 1 aromatic carbocycles. The molecule has 0 fully saturated rings. The van der Waals surface area contributed by atoms with E-state index >= 15 is 0 Å². The van der Waals surface area contributed by atoms with E-state index in [1.165, 1.54) is 0 Å². The molecular formula is C14H18BrN3O. The lowest BCUT2D eigenvalue weighted by atomic mass is 10.2. The van der Waals surface area contributed by atoms with E-state index in [9.17, 15) is 4.79 Å². The number of para-hydroxylation sites is 1. The first-order chi connectivity index (χ1) is 9.13. The third-order valence-electron chi connectivity index (χ3n) is 3.16. The summed E-state index contributed by atoms with van der Waals surface area (Å²) in [4.78, 5) is 12.6. The maximum atomic E-state index is 12.1. The molecule has 1 amide bonds. The minimum atomic E-state index is -0.104. The Morgan fingerprint density at radius 2 is 2.21 bits per heavy atom. The fraction of sp³-hybridized carbons (Fsp3) is 0.429. The Bertz CT molecular complexity index is 579. The molecule has 2 aromatic rings. The van der Waals surface area contributed by atoms with Crippen molar-refractivity contribution < 1.29 is 4.79 Å². The van der Waals surface area contributed by atoms with Gasteiger partial charge in [-0.1, -0.05) is 41.1 Å². The summed E-state index contributed by atoms with van der Waals surface area (Å²) in [6.45, 7) is 2.78. The predicted molar refractivity (Wildman–Crippen MR) is 80.7 cm³/mol. The van der Waals surface area contributed by atoms with Gasteiger partial charge in [-0.15, -0.1) is 0 Å². The van der Waals surface area contributed by atoms with Crippen LogP contribution < -0.4 is 5.32 Å². The van der Waals surface area contributed by atoms with Gasteiger partial charge in [0.1, 0.15) is 0 Å². The minimum Gasteiger partial charge on any atom is -0.351 e. The number of halogens is 1. The first kappa shape index (κ1) is 14.1. The lowest BCUT2D eigenvalue weighted by Gasteiger charge is -2.07. The fourth-order valence-corrected chi connectivity index (χ4v) is 2.24. The van der Waals surface area contributed by atoms with Crippen molar-refractivity contribution in [3.63, 3.8) is 0 Å². The van der Waals surface area contributed by atoms with Gasteiger partial charge in [0, 0.05) is 23.8 Å². The molecule has 5 heteroatoms. The molecule has 102 valence electrons. The first-order valence-electron chi connectivity index (χ1n) is 6.47. The van der Waals surface area contributed by atoms with Crippen LogP contribution in [0.25, 0.3) is 10.9 Å². The molecule has 0 aliphatic heterocycles. The van der Waals surface area contributed by atoms with Gasteiger partial charge in [-0.05, 0) is 18.9 Å². The summed E-state index contributed by atoms with van der Waals surface area (Å²) in [6.07, 6.45) is 1.98. The summed E-state index contributed by atoms with van der Waals surface area (Å²) in [5.74, 6) is -0.104. The number of carbonyl (C=O) groups is 1. The van der Waals surface area contributed by atoms with Gasteiger partial charge in [0.25, 0.3) is 5.91 Å². The lowest BCUT2D eigenvalue weighted by molar-refractivity contribution is 0.0949. The number of hydrogen-bond acceptors (Lipinski definition) is 2. The number of fused-ring (bicyclic) bond motifs is 1. The summed E-state index contributed by atoms with van der Waals surface area (Å²) in [5.41, 5.74) is 1.47. The molecule has 0 aliphatic rings. The largest absolute Gasteiger partial charge is 0.351 e. The summed E-state index contributed by atoms with van der Waals surface area (Å²) in [6, 6.07) is 7.76. The van der Waals surface area contributed by atoms with E-state index in [2.05, 4.69) is 33.3 Å². The Kier molecular flexibility index (Phi) is 4.58. The average Bonchev–Trinajstić information content (AvgIpc) is 2.76. The second kappa shape index (κ2) is 6.19. The van der Waals surface area contributed by atoms with Crippen LogP contribution >= 0.6 is 15.9 Å². The monoisotopic (exact) mass is 323 g/mol. The second-order valence-electron chi connectivity index (χ2n) is 4.54. The van der Waals surface area contributed by atoms with Crippen molar-refractivity contribution in [1.82, 2.24) is 15.1 Å². The third-order valence-corrected chi connectivity index (χ3v) is 4.26. The van der Waals surface area contributed by atoms with Crippen LogP contribution in [0.3, 0.4) is 0 Å². The summed E-state index contributed by atoms with van der Waals surface area (Å²) < 4.78 is 1.74. The van der Waals surface area contributed by atoms with Crippen LogP contribution in [-0.4, -0.2) is 27.1 Å². The van der Waals surface area contributed by atoms with Crippen molar-refractivity contribution >= 4 is 32.7 Å². The van der Waals surface area contributed by atoms with E-state index in [4.69, 9.17) is 0 Å². The Morgan fingerprint density at radius 1 is 1.47 bits per heavy atom. The SMILES string of the molecule is CCC(Br)CCNC(=O)c1nn(C)c2ccccc12. The van der Waals surface area contributed by atoms with Crippen LogP contribution in [-0.2, 0) is 7.05 Å². The number of amides is 1. The molecule has 1 heterocycles. The van der Waals surface area contributed by atoms with Crippen LogP contribution in [0.2, 0.25) is 0 Å². The van der Waals surface area contributed by atoms with Gasteiger partial charge >= 0.3 is 0 Å². The maximum Gasteiger partial charge on any atom is 0.272 e.